The van der Waals surface area contributed by atoms with Crippen LogP contribution in [0.4, 0.5) is 14.5 Å². The number of nitrogens with one attached hydrogen (secondary N) is 1. The van der Waals surface area contributed by atoms with E-state index < -0.39 is 5.76 Å². The molecule has 20 heavy (non-hydrogen) atoms. The molecule has 3 N–H and O–H groups in total. The molecule has 0 heterocycles. The van der Waals surface area contributed by atoms with Gasteiger partial charge in [0.25, 0.3) is 5.76 Å². The highest BCUT2D eigenvalue weighted by molar-refractivity contribution is 7.99. The van der Waals surface area contributed by atoms with Crippen LogP contribution in [0.2, 0.25) is 0 Å². The summed E-state index contributed by atoms with van der Waals surface area (Å²) >= 11 is 0.472. The fraction of sp³-hybridized carbons (Fsp3) is 0.500. The molecule has 2 atom stereocenters. The van der Waals surface area contributed by atoms with Gasteiger partial charge in [-0.05, 0) is 43.5 Å². The van der Waals surface area contributed by atoms with E-state index in [1.165, 1.54) is 0 Å². The smallest absolute Gasteiger partial charge is 0.288 e. The van der Waals surface area contributed by atoms with Crippen LogP contribution in [0.5, 0.6) is 0 Å². The lowest BCUT2D eigenvalue weighted by Gasteiger charge is -2.17. The second-order valence-corrected chi connectivity index (χ2v) is 5.99. The minimum absolute atomic E-state index is 0.0582. The van der Waals surface area contributed by atoms with Crippen LogP contribution in [0.15, 0.2) is 29.2 Å². The van der Waals surface area contributed by atoms with Gasteiger partial charge < -0.3 is 11.1 Å². The van der Waals surface area contributed by atoms with E-state index in [1.54, 1.807) is 24.3 Å². The monoisotopic (exact) mass is 300 g/mol. The van der Waals surface area contributed by atoms with E-state index in [0.29, 0.717) is 28.9 Å². The summed E-state index contributed by atoms with van der Waals surface area (Å²) in [6.07, 6.45) is 2.84. The summed E-state index contributed by atoms with van der Waals surface area (Å²) in [7, 11) is 0. The number of halogens is 2. The summed E-state index contributed by atoms with van der Waals surface area (Å²) in [5.41, 5.74) is 6.23. The number of carbonyl (C=O) groups is 1. The van der Waals surface area contributed by atoms with E-state index >= 15 is 0 Å². The molecule has 1 fully saturated rings. The maximum absolute atomic E-state index is 12.3. The topological polar surface area (TPSA) is 55.1 Å². The minimum atomic E-state index is -2.46. The van der Waals surface area contributed by atoms with Crippen LogP contribution in [0, 0.1) is 11.8 Å². The number of rotatable bonds is 5. The molecule has 1 aliphatic rings. The maximum Gasteiger partial charge on any atom is 0.288 e. The van der Waals surface area contributed by atoms with Gasteiger partial charge in [-0.3, -0.25) is 4.79 Å². The highest BCUT2D eigenvalue weighted by atomic mass is 32.2. The number of benzene rings is 1. The van der Waals surface area contributed by atoms with Crippen molar-refractivity contribution < 1.29 is 13.6 Å². The Balaban J connectivity index is 2.00. The number of nitrogens with two attached hydrogens (primary N) is 1. The molecule has 1 aliphatic carbocycles. The second kappa shape index (κ2) is 7.04. The van der Waals surface area contributed by atoms with E-state index in [4.69, 9.17) is 5.73 Å². The average molecular weight is 300 g/mol. The lowest BCUT2D eigenvalue weighted by molar-refractivity contribution is -0.120. The van der Waals surface area contributed by atoms with Crippen LogP contribution in [-0.4, -0.2) is 18.2 Å². The zero-order valence-corrected chi connectivity index (χ0v) is 11.8. The largest absolute Gasteiger partial charge is 0.330 e. The van der Waals surface area contributed by atoms with Gasteiger partial charge in [-0.1, -0.05) is 24.2 Å². The molecule has 1 saturated carbocycles. The van der Waals surface area contributed by atoms with Crippen molar-refractivity contribution in [3.05, 3.63) is 24.3 Å². The first-order valence-electron chi connectivity index (χ1n) is 6.66. The van der Waals surface area contributed by atoms with Gasteiger partial charge in [0.05, 0.1) is 0 Å². The Morgan fingerprint density at radius 3 is 2.95 bits per heavy atom. The quantitative estimate of drug-likeness (QED) is 0.820. The van der Waals surface area contributed by atoms with E-state index in [1.807, 2.05) is 0 Å². The van der Waals surface area contributed by atoms with Gasteiger partial charge in [-0.25, -0.2) is 0 Å². The highest BCUT2D eigenvalue weighted by Gasteiger charge is 2.31. The van der Waals surface area contributed by atoms with Gasteiger partial charge in [0, 0.05) is 16.5 Å². The molecule has 2 rings (SSSR count). The number of hydrogen-bond acceptors (Lipinski definition) is 3. The normalized spacial score (nSPS) is 22.2. The predicted octanol–water partition coefficient (Wildman–Crippen LogP) is 3.31. The molecular weight excluding hydrogens is 282 g/mol. The fourth-order valence-corrected chi connectivity index (χ4v) is 3.21. The number of hydrogen-bond donors (Lipinski definition) is 2. The van der Waals surface area contributed by atoms with Crippen molar-refractivity contribution in [3.63, 3.8) is 0 Å². The third kappa shape index (κ3) is 3.93. The number of thioether (sulfide) groups is 1. The molecule has 110 valence electrons. The summed E-state index contributed by atoms with van der Waals surface area (Å²) in [4.78, 5) is 12.6. The van der Waals surface area contributed by atoms with Crippen molar-refractivity contribution in [2.75, 3.05) is 11.9 Å². The Morgan fingerprint density at radius 1 is 1.45 bits per heavy atom. The van der Waals surface area contributed by atoms with E-state index in [9.17, 15) is 13.6 Å². The van der Waals surface area contributed by atoms with Crippen LogP contribution >= 0.6 is 11.8 Å². The predicted molar refractivity (Wildman–Crippen MR) is 76.8 cm³/mol. The van der Waals surface area contributed by atoms with Crippen LogP contribution in [-0.2, 0) is 4.79 Å². The van der Waals surface area contributed by atoms with Crippen molar-refractivity contribution in [2.45, 2.75) is 29.9 Å². The lowest BCUT2D eigenvalue weighted by Crippen LogP contribution is -2.29. The van der Waals surface area contributed by atoms with E-state index in [0.717, 1.165) is 19.3 Å². The summed E-state index contributed by atoms with van der Waals surface area (Å²) in [5, 5.41) is 2.81. The molecule has 0 aromatic heterocycles. The van der Waals surface area contributed by atoms with Gasteiger partial charge in [-0.2, -0.15) is 8.78 Å². The molecule has 0 unspecified atom stereocenters. The molecule has 0 saturated heterocycles. The zero-order valence-electron chi connectivity index (χ0n) is 11.0. The van der Waals surface area contributed by atoms with Crippen LogP contribution in [0.3, 0.4) is 0 Å². The minimum Gasteiger partial charge on any atom is -0.330 e. The van der Waals surface area contributed by atoms with E-state index in [2.05, 4.69) is 5.32 Å². The van der Waals surface area contributed by atoms with E-state index in [-0.39, 0.29) is 17.7 Å². The molecule has 1 aromatic rings. The van der Waals surface area contributed by atoms with Crippen molar-refractivity contribution >= 4 is 23.4 Å². The molecule has 3 nitrogen and oxygen atoms in total. The molecule has 0 aliphatic heterocycles. The summed E-state index contributed by atoms with van der Waals surface area (Å²) in [6, 6.07) is 6.54. The van der Waals surface area contributed by atoms with Gasteiger partial charge in [0.2, 0.25) is 5.91 Å². The number of amides is 1. The van der Waals surface area contributed by atoms with Crippen molar-refractivity contribution in [3.8, 4) is 0 Å². The van der Waals surface area contributed by atoms with Crippen molar-refractivity contribution in [1.29, 1.82) is 0 Å². The Labute approximate surface area is 121 Å². The van der Waals surface area contributed by atoms with Gasteiger partial charge in [-0.15, -0.1) is 0 Å². The molecule has 1 aromatic carbocycles. The third-order valence-corrected chi connectivity index (χ3v) is 4.33. The van der Waals surface area contributed by atoms with Crippen LogP contribution in [0.1, 0.15) is 19.3 Å². The summed E-state index contributed by atoms with van der Waals surface area (Å²) in [6.45, 7) is 0.513. The molecular formula is C14H18F2N2OS. The number of carbonyl (C=O) groups excluding carboxylic acids is 1. The Morgan fingerprint density at radius 2 is 2.25 bits per heavy atom. The standard InChI is InChI=1S/C14H18F2N2OS/c15-14(16)20-11-5-2-4-10(7-11)18-13(19)12-6-1-3-9(12)8-17/h2,4-5,7,9,12,14H,1,3,6,8,17H2,(H,18,19)/t9-,12-/m1/s1. The molecule has 0 spiro atoms. The highest BCUT2D eigenvalue weighted by Crippen LogP contribution is 2.32. The van der Waals surface area contributed by atoms with Crippen molar-refractivity contribution in [1.82, 2.24) is 0 Å². The first-order chi connectivity index (χ1) is 9.60. The number of anilines is 1. The first-order valence-corrected chi connectivity index (χ1v) is 7.54. The lowest BCUT2D eigenvalue weighted by atomic mass is 9.95. The first kappa shape index (κ1) is 15.3. The summed E-state index contributed by atoms with van der Waals surface area (Å²) < 4.78 is 24.6. The average Bonchev–Trinajstić information content (AvgIpc) is 2.86. The Kier molecular flexibility index (Phi) is 5.37. The molecule has 0 radical (unpaired) electrons. The third-order valence-electron chi connectivity index (χ3n) is 3.63. The summed E-state index contributed by atoms with van der Waals surface area (Å²) in [5.74, 6) is -2.35. The SMILES string of the molecule is NC[C@H]1CCC[C@H]1C(=O)Nc1cccc(SC(F)F)c1. The fourth-order valence-electron chi connectivity index (χ4n) is 2.65. The van der Waals surface area contributed by atoms with Crippen molar-refractivity contribution in [2.24, 2.45) is 17.6 Å². The molecule has 6 heteroatoms. The van der Waals surface area contributed by atoms with Gasteiger partial charge in [0.1, 0.15) is 0 Å². The van der Waals surface area contributed by atoms with Crippen LogP contribution < -0.4 is 11.1 Å². The maximum atomic E-state index is 12.3. The van der Waals surface area contributed by atoms with Gasteiger partial charge >= 0.3 is 0 Å². The molecule has 1 amide bonds. The number of alkyl halides is 2. The molecule has 0 bridgehead atoms. The Bertz CT molecular complexity index is 470. The van der Waals surface area contributed by atoms with Crippen LogP contribution in [0.25, 0.3) is 0 Å². The second-order valence-electron chi connectivity index (χ2n) is 4.93. The zero-order chi connectivity index (χ0) is 14.5. The van der Waals surface area contributed by atoms with Gasteiger partial charge in [0.15, 0.2) is 0 Å². The Hall–Kier alpha value is -1.14.